The van der Waals surface area contributed by atoms with E-state index < -0.39 is 23.8 Å². The van der Waals surface area contributed by atoms with Gasteiger partial charge >= 0.3 is 5.97 Å². The Balaban J connectivity index is 2.75. The fraction of sp³-hybridized carbons (Fsp3) is 0.200. The number of rotatable bonds is 6. The van der Waals surface area contributed by atoms with Gasteiger partial charge in [-0.15, -0.1) is 6.42 Å². The van der Waals surface area contributed by atoms with Crippen molar-refractivity contribution in [2.75, 3.05) is 6.54 Å². The maximum atomic E-state index is 13.8. The van der Waals surface area contributed by atoms with Gasteiger partial charge in [-0.25, -0.2) is 9.18 Å². The molecule has 1 atom stereocenters. The van der Waals surface area contributed by atoms with Gasteiger partial charge in [0, 0.05) is 6.08 Å². The van der Waals surface area contributed by atoms with Crippen molar-refractivity contribution >= 4 is 18.0 Å². The van der Waals surface area contributed by atoms with Crippen LogP contribution >= 0.6 is 0 Å². The van der Waals surface area contributed by atoms with Crippen LogP contribution in [-0.4, -0.2) is 29.6 Å². The number of aliphatic carboxylic acids is 1. The molecule has 0 saturated carbocycles. The SMILES string of the molecule is C#CCNC(=O)C(C)Oc1ccc(/C=C/C(=O)O)cc1F. The molecule has 1 aromatic rings. The summed E-state index contributed by atoms with van der Waals surface area (Å²) in [5, 5.41) is 10.9. The first-order chi connectivity index (χ1) is 9.93. The Kier molecular flexibility index (Phi) is 5.96. The van der Waals surface area contributed by atoms with Crippen LogP contribution in [0.25, 0.3) is 6.08 Å². The lowest BCUT2D eigenvalue weighted by Crippen LogP contribution is -2.36. The molecule has 1 amide bonds. The van der Waals surface area contributed by atoms with Crippen LogP contribution in [0.4, 0.5) is 4.39 Å². The lowest BCUT2D eigenvalue weighted by atomic mass is 10.2. The number of nitrogens with one attached hydrogen (secondary N) is 1. The van der Waals surface area contributed by atoms with E-state index in [9.17, 15) is 14.0 Å². The van der Waals surface area contributed by atoms with E-state index >= 15 is 0 Å². The summed E-state index contributed by atoms with van der Waals surface area (Å²) in [7, 11) is 0. The highest BCUT2D eigenvalue weighted by Gasteiger charge is 2.15. The Morgan fingerprint density at radius 2 is 2.29 bits per heavy atom. The third-order valence-corrected chi connectivity index (χ3v) is 2.41. The van der Waals surface area contributed by atoms with Crippen LogP contribution in [0.3, 0.4) is 0 Å². The molecule has 0 aliphatic rings. The summed E-state index contributed by atoms with van der Waals surface area (Å²) < 4.78 is 19.0. The van der Waals surface area contributed by atoms with Crippen LogP contribution in [-0.2, 0) is 9.59 Å². The lowest BCUT2D eigenvalue weighted by Gasteiger charge is -2.14. The summed E-state index contributed by atoms with van der Waals surface area (Å²) in [6.45, 7) is 1.53. The van der Waals surface area contributed by atoms with E-state index in [1.54, 1.807) is 0 Å². The van der Waals surface area contributed by atoms with Crippen molar-refractivity contribution in [3.05, 3.63) is 35.7 Å². The normalized spacial score (nSPS) is 11.7. The molecule has 6 heteroatoms. The van der Waals surface area contributed by atoms with Gasteiger partial charge in [0.05, 0.1) is 6.54 Å². The second-order valence-corrected chi connectivity index (χ2v) is 4.04. The summed E-state index contributed by atoms with van der Waals surface area (Å²) in [5.41, 5.74) is 0.367. The number of hydrogen-bond acceptors (Lipinski definition) is 3. The van der Waals surface area contributed by atoms with Gasteiger partial charge in [0.2, 0.25) is 0 Å². The average molecular weight is 291 g/mol. The van der Waals surface area contributed by atoms with Gasteiger partial charge in [0.25, 0.3) is 5.91 Å². The summed E-state index contributed by atoms with van der Waals surface area (Å²) in [6.07, 6.45) is 6.24. The number of halogens is 1. The molecular weight excluding hydrogens is 277 g/mol. The van der Waals surface area contributed by atoms with Gasteiger partial charge in [0.15, 0.2) is 17.7 Å². The predicted octanol–water partition coefficient (Wildman–Crippen LogP) is 1.44. The van der Waals surface area contributed by atoms with E-state index in [0.29, 0.717) is 5.56 Å². The van der Waals surface area contributed by atoms with Crippen molar-refractivity contribution in [1.29, 1.82) is 0 Å². The van der Waals surface area contributed by atoms with Crippen LogP contribution in [0.5, 0.6) is 5.75 Å². The first-order valence-electron chi connectivity index (χ1n) is 6.02. The molecule has 2 N–H and O–H groups in total. The van der Waals surface area contributed by atoms with Crippen LogP contribution in [0.2, 0.25) is 0 Å². The number of benzene rings is 1. The summed E-state index contributed by atoms with van der Waals surface area (Å²) in [4.78, 5) is 21.9. The Labute approximate surface area is 121 Å². The second-order valence-electron chi connectivity index (χ2n) is 4.04. The molecule has 0 saturated heterocycles. The predicted molar refractivity (Wildman–Crippen MR) is 75.0 cm³/mol. The second kappa shape index (κ2) is 7.70. The number of ether oxygens (including phenoxy) is 1. The van der Waals surface area contributed by atoms with Gasteiger partial charge in [-0.1, -0.05) is 12.0 Å². The number of carbonyl (C=O) groups is 2. The van der Waals surface area contributed by atoms with E-state index in [2.05, 4.69) is 11.2 Å². The minimum atomic E-state index is -1.13. The smallest absolute Gasteiger partial charge is 0.328 e. The quantitative estimate of drug-likeness (QED) is 0.614. The molecule has 0 aliphatic heterocycles. The molecule has 1 aromatic carbocycles. The van der Waals surface area contributed by atoms with E-state index in [4.69, 9.17) is 16.3 Å². The molecule has 1 rings (SSSR count). The number of carbonyl (C=O) groups excluding carboxylic acids is 1. The molecule has 0 aromatic heterocycles. The molecule has 1 unspecified atom stereocenters. The zero-order chi connectivity index (χ0) is 15.8. The van der Waals surface area contributed by atoms with Crippen molar-refractivity contribution in [3.63, 3.8) is 0 Å². The highest BCUT2D eigenvalue weighted by Crippen LogP contribution is 2.20. The maximum absolute atomic E-state index is 13.8. The van der Waals surface area contributed by atoms with Crippen molar-refractivity contribution in [1.82, 2.24) is 5.32 Å². The third kappa shape index (κ3) is 5.37. The minimum absolute atomic E-state index is 0.0634. The van der Waals surface area contributed by atoms with Crippen LogP contribution in [0.15, 0.2) is 24.3 Å². The van der Waals surface area contributed by atoms with Crippen molar-refractivity contribution in [2.24, 2.45) is 0 Å². The van der Waals surface area contributed by atoms with E-state index in [1.165, 1.54) is 25.1 Å². The van der Waals surface area contributed by atoms with E-state index in [0.717, 1.165) is 12.1 Å². The molecule has 0 aliphatic carbocycles. The largest absolute Gasteiger partial charge is 0.478 e. The Morgan fingerprint density at radius 1 is 1.57 bits per heavy atom. The Hall–Kier alpha value is -2.81. The zero-order valence-electron chi connectivity index (χ0n) is 11.3. The van der Waals surface area contributed by atoms with Crippen molar-refractivity contribution < 1.29 is 23.8 Å². The number of carboxylic acids is 1. The number of hydrogen-bond donors (Lipinski definition) is 2. The molecule has 21 heavy (non-hydrogen) atoms. The number of terminal acetylenes is 1. The molecule has 0 spiro atoms. The third-order valence-electron chi connectivity index (χ3n) is 2.41. The van der Waals surface area contributed by atoms with Gasteiger partial charge in [-0.3, -0.25) is 4.79 Å². The number of carboxylic acid groups (broad SMARTS) is 1. The topological polar surface area (TPSA) is 75.6 Å². The van der Waals surface area contributed by atoms with E-state index in [1.807, 2.05) is 0 Å². The fourth-order valence-corrected chi connectivity index (χ4v) is 1.41. The van der Waals surface area contributed by atoms with Crippen LogP contribution < -0.4 is 10.1 Å². The molecule has 0 fully saturated rings. The summed E-state index contributed by atoms with van der Waals surface area (Å²) in [6, 6.07) is 3.91. The minimum Gasteiger partial charge on any atom is -0.478 e. The van der Waals surface area contributed by atoms with Gasteiger partial charge in [-0.05, 0) is 30.7 Å². The highest BCUT2D eigenvalue weighted by molar-refractivity contribution is 5.85. The van der Waals surface area contributed by atoms with Crippen LogP contribution in [0.1, 0.15) is 12.5 Å². The summed E-state index contributed by atoms with van der Waals surface area (Å²) in [5.74, 6) is -0.145. The van der Waals surface area contributed by atoms with Crippen molar-refractivity contribution in [2.45, 2.75) is 13.0 Å². The Bertz CT molecular complexity index is 604. The molecule has 0 heterocycles. The Morgan fingerprint density at radius 3 is 2.86 bits per heavy atom. The lowest BCUT2D eigenvalue weighted by molar-refractivity contribution is -0.131. The highest BCUT2D eigenvalue weighted by atomic mass is 19.1. The molecule has 5 nitrogen and oxygen atoms in total. The van der Waals surface area contributed by atoms with Crippen LogP contribution in [0, 0.1) is 18.2 Å². The average Bonchev–Trinajstić information content (AvgIpc) is 2.44. The molecule has 0 bridgehead atoms. The maximum Gasteiger partial charge on any atom is 0.328 e. The van der Waals surface area contributed by atoms with Gasteiger partial charge in [0.1, 0.15) is 0 Å². The van der Waals surface area contributed by atoms with Crippen molar-refractivity contribution in [3.8, 4) is 18.1 Å². The standard InChI is InChI=1S/C15H14FNO4/c1-3-8-17-15(20)10(2)21-13-6-4-11(9-12(13)16)5-7-14(18)19/h1,4-7,9-10H,8H2,2H3,(H,17,20)(H,18,19)/b7-5+. The van der Waals surface area contributed by atoms with E-state index in [-0.39, 0.29) is 12.3 Å². The molecular formula is C15H14FNO4. The van der Waals surface area contributed by atoms with Gasteiger partial charge in [-0.2, -0.15) is 0 Å². The van der Waals surface area contributed by atoms with Gasteiger partial charge < -0.3 is 15.2 Å². The summed E-state index contributed by atoms with van der Waals surface area (Å²) >= 11 is 0. The number of amides is 1. The molecule has 110 valence electrons. The first-order valence-corrected chi connectivity index (χ1v) is 6.02. The zero-order valence-corrected chi connectivity index (χ0v) is 11.3. The molecule has 0 radical (unpaired) electrons. The first kappa shape index (κ1) is 16.2. The monoisotopic (exact) mass is 291 g/mol. The fourth-order valence-electron chi connectivity index (χ4n) is 1.41.